The molecule has 0 saturated heterocycles. The maximum atomic E-state index is 6.58. The Kier molecular flexibility index (Phi) is 7.55. The molecule has 1 N–H and O–H groups in total. The number of allylic oxidation sites excluding steroid dienone is 2. The van der Waals surface area contributed by atoms with Crippen molar-refractivity contribution in [2.24, 2.45) is 10.9 Å². The molecule has 4 aromatic carbocycles. The molecule has 202 valence electrons. The summed E-state index contributed by atoms with van der Waals surface area (Å²) >= 11 is 12.8. The lowest BCUT2D eigenvalue weighted by molar-refractivity contribution is 0.285. The van der Waals surface area contributed by atoms with Gasteiger partial charge >= 0.3 is 0 Å². The molecule has 1 aliphatic heterocycles. The van der Waals surface area contributed by atoms with Crippen LogP contribution < -0.4 is 14.8 Å². The smallest absolute Gasteiger partial charge is 0.180 e. The van der Waals surface area contributed by atoms with Crippen LogP contribution in [0.3, 0.4) is 0 Å². The number of nitrogens with zero attached hydrogens (tertiary/aromatic N) is 1. The molecule has 1 aliphatic carbocycles. The number of methoxy groups -OCH3 is 1. The second kappa shape index (κ2) is 11.4. The van der Waals surface area contributed by atoms with Crippen LogP contribution in [0.5, 0.6) is 11.5 Å². The highest BCUT2D eigenvalue weighted by Crippen LogP contribution is 2.50. The lowest BCUT2D eigenvalue weighted by Gasteiger charge is -2.37. The minimum absolute atomic E-state index is 0.259. The van der Waals surface area contributed by atoms with Gasteiger partial charge in [-0.25, -0.2) is 0 Å². The first-order valence-corrected chi connectivity index (χ1v) is 14.2. The van der Waals surface area contributed by atoms with Gasteiger partial charge in [-0.3, -0.25) is 4.99 Å². The molecule has 6 heteroatoms. The zero-order chi connectivity index (χ0) is 27.6. The maximum Gasteiger partial charge on any atom is 0.180 e. The monoisotopic (exact) mass is 568 g/mol. The van der Waals surface area contributed by atoms with Crippen LogP contribution in [0, 0.1) is 12.8 Å². The van der Waals surface area contributed by atoms with E-state index >= 15 is 0 Å². The third kappa shape index (κ3) is 5.34. The van der Waals surface area contributed by atoms with Gasteiger partial charge in [0.25, 0.3) is 0 Å². The molecule has 6 rings (SSSR count). The molecule has 3 atom stereocenters. The predicted octanol–water partition coefficient (Wildman–Crippen LogP) is 9.47. The second-order valence-electron chi connectivity index (χ2n) is 10.3. The minimum Gasteiger partial charge on any atom is -0.493 e. The molecule has 0 radical (unpaired) electrons. The summed E-state index contributed by atoms with van der Waals surface area (Å²) in [6.07, 6.45) is 7.57. The van der Waals surface area contributed by atoms with Gasteiger partial charge in [-0.1, -0.05) is 83.4 Å². The third-order valence-electron chi connectivity index (χ3n) is 7.71. The summed E-state index contributed by atoms with van der Waals surface area (Å²) in [5, 5.41) is 4.90. The number of ether oxygens (including phenoxy) is 2. The Balaban J connectivity index is 1.17. The summed E-state index contributed by atoms with van der Waals surface area (Å²) in [5.74, 6) is 1.98. The first-order chi connectivity index (χ1) is 19.5. The fraction of sp³-hybridized carbons (Fsp3) is 0.206. The van der Waals surface area contributed by atoms with Gasteiger partial charge < -0.3 is 14.8 Å². The van der Waals surface area contributed by atoms with E-state index in [1.165, 1.54) is 22.4 Å². The molecule has 0 bridgehead atoms. The number of halogens is 2. The van der Waals surface area contributed by atoms with Crippen LogP contribution in [0.25, 0.3) is 0 Å². The average molecular weight is 570 g/mol. The van der Waals surface area contributed by atoms with Crippen LogP contribution in [0.4, 0.5) is 11.4 Å². The van der Waals surface area contributed by atoms with Crippen molar-refractivity contribution >= 4 is 40.8 Å². The van der Waals surface area contributed by atoms with Gasteiger partial charge in [0.1, 0.15) is 6.61 Å². The van der Waals surface area contributed by atoms with Crippen molar-refractivity contribution in [3.05, 3.63) is 129 Å². The zero-order valence-electron chi connectivity index (χ0n) is 22.4. The Hall–Kier alpha value is -3.73. The lowest BCUT2D eigenvalue weighted by atomic mass is 9.76. The van der Waals surface area contributed by atoms with E-state index in [0.717, 1.165) is 23.2 Å². The first kappa shape index (κ1) is 26.5. The molecule has 4 nitrogen and oxygen atoms in total. The van der Waals surface area contributed by atoms with Crippen molar-refractivity contribution in [2.75, 3.05) is 12.4 Å². The summed E-state index contributed by atoms with van der Waals surface area (Å²) in [7, 11) is 1.59. The minimum atomic E-state index is 0.259. The van der Waals surface area contributed by atoms with Crippen molar-refractivity contribution in [1.29, 1.82) is 0 Å². The van der Waals surface area contributed by atoms with Crippen LogP contribution in [0.1, 0.15) is 46.2 Å². The lowest BCUT2D eigenvalue weighted by Crippen LogP contribution is -2.29. The standard InChI is InChI=1S/C34H30Cl2N2O2/c1-21-10-15-31-28(16-21)26-7-5-8-27(26)33(38-31)23-11-13-25(14-12-23)37-19-22-17-30(36)34(32(18-22)39-2)40-20-24-6-3-4-9-29(24)35/h3-7,9-19,26-27,33,38H,8,20H2,1-2H3/t26-,27-,33+/m1/s1. The number of rotatable bonds is 7. The van der Waals surface area contributed by atoms with Gasteiger partial charge in [0.15, 0.2) is 11.5 Å². The molecule has 0 spiro atoms. The number of aryl methyl sites for hydroxylation is 1. The Bertz CT molecular complexity index is 1600. The summed E-state index contributed by atoms with van der Waals surface area (Å²) in [5.41, 5.74) is 7.77. The molecule has 0 aromatic heterocycles. The van der Waals surface area contributed by atoms with E-state index in [9.17, 15) is 0 Å². The van der Waals surface area contributed by atoms with E-state index < -0.39 is 0 Å². The molecule has 1 heterocycles. The predicted molar refractivity (Wildman–Crippen MR) is 165 cm³/mol. The van der Waals surface area contributed by atoms with Crippen LogP contribution in [0.15, 0.2) is 96.0 Å². The van der Waals surface area contributed by atoms with Gasteiger partial charge in [-0.2, -0.15) is 0 Å². The largest absolute Gasteiger partial charge is 0.493 e. The topological polar surface area (TPSA) is 42.8 Å². The fourth-order valence-electron chi connectivity index (χ4n) is 5.68. The van der Waals surface area contributed by atoms with E-state index in [-0.39, 0.29) is 12.6 Å². The summed E-state index contributed by atoms with van der Waals surface area (Å²) < 4.78 is 11.5. The van der Waals surface area contributed by atoms with Crippen LogP contribution >= 0.6 is 23.2 Å². The van der Waals surface area contributed by atoms with E-state index in [2.05, 4.69) is 66.9 Å². The molecule has 0 amide bonds. The van der Waals surface area contributed by atoms with E-state index in [0.29, 0.717) is 33.4 Å². The fourth-order valence-corrected chi connectivity index (χ4v) is 6.14. The zero-order valence-corrected chi connectivity index (χ0v) is 23.9. The quantitative estimate of drug-likeness (QED) is 0.178. The van der Waals surface area contributed by atoms with Crippen molar-refractivity contribution in [3.8, 4) is 11.5 Å². The van der Waals surface area contributed by atoms with Gasteiger partial charge in [0, 0.05) is 28.4 Å². The summed E-state index contributed by atoms with van der Waals surface area (Å²) in [6.45, 7) is 2.45. The van der Waals surface area contributed by atoms with Crippen molar-refractivity contribution in [3.63, 3.8) is 0 Å². The number of hydrogen-bond donors (Lipinski definition) is 1. The third-order valence-corrected chi connectivity index (χ3v) is 8.36. The number of fused-ring (bicyclic) bond motifs is 3. The van der Waals surface area contributed by atoms with Crippen molar-refractivity contribution < 1.29 is 9.47 Å². The number of benzene rings is 4. The van der Waals surface area contributed by atoms with Gasteiger partial charge in [0.2, 0.25) is 0 Å². The highest BCUT2D eigenvalue weighted by Gasteiger charge is 2.37. The molecule has 0 unspecified atom stereocenters. The molecule has 0 fully saturated rings. The van der Waals surface area contributed by atoms with E-state index in [4.69, 9.17) is 37.7 Å². The molecule has 40 heavy (non-hydrogen) atoms. The Morgan fingerprint density at radius 2 is 1.80 bits per heavy atom. The van der Waals surface area contributed by atoms with E-state index in [1.54, 1.807) is 13.3 Å². The maximum absolute atomic E-state index is 6.58. The number of anilines is 1. The van der Waals surface area contributed by atoms with Crippen molar-refractivity contribution in [2.45, 2.75) is 31.9 Å². The normalized spacial score (nSPS) is 19.2. The van der Waals surface area contributed by atoms with Gasteiger partial charge in [-0.15, -0.1) is 0 Å². The van der Waals surface area contributed by atoms with E-state index in [1.807, 2.05) is 36.4 Å². The summed E-state index contributed by atoms with van der Waals surface area (Å²) in [6, 6.07) is 26.7. The SMILES string of the molecule is COc1cc(C=Nc2ccc([C@@H]3Nc4ccc(C)cc4[C@@H]4C=CC[C@H]43)cc2)cc(Cl)c1OCc1ccccc1Cl. The molecular weight excluding hydrogens is 539 g/mol. The number of aliphatic imine (C=N–C) groups is 1. The molecule has 0 saturated carbocycles. The Morgan fingerprint density at radius 3 is 2.60 bits per heavy atom. The number of nitrogens with one attached hydrogen (secondary N) is 1. The van der Waals surface area contributed by atoms with Crippen molar-refractivity contribution in [1.82, 2.24) is 0 Å². The van der Waals surface area contributed by atoms with Gasteiger partial charge in [0.05, 0.1) is 23.9 Å². The first-order valence-electron chi connectivity index (χ1n) is 13.4. The Morgan fingerprint density at radius 1 is 0.975 bits per heavy atom. The number of hydrogen-bond acceptors (Lipinski definition) is 4. The van der Waals surface area contributed by atoms with Gasteiger partial charge in [-0.05, 0) is 72.4 Å². The average Bonchev–Trinajstić information content (AvgIpc) is 3.47. The molecular formula is C34H30Cl2N2O2. The highest BCUT2D eigenvalue weighted by atomic mass is 35.5. The van der Waals surface area contributed by atoms with Crippen LogP contribution in [-0.2, 0) is 6.61 Å². The molecule has 4 aromatic rings. The molecule has 2 aliphatic rings. The van der Waals surface area contributed by atoms with Crippen LogP contribution in [0.2, 0.25) is 10.0 Å². The Labute approximate surface area is 245 Å². The summed E-state index contributed by atoms with van der Waals surface area (Å²) in [4.78, 5) is 4.70. The highest BCUT2D eigenvalue weighted by molar-refractivity contribution is 6.32. The second-order valence-corrected chi connectivity index (χ2v) is 11.1. The van der Waals surface area contributed by atoms with Crippen LogP contribution in [-0.4, -0.2) is 13.3 Å².